The molecule has 2 N–H and O–H groups in total. The number of anilines is 2. The third-order valence-corrected chi connectivity index (χ3v) is 5.36. The molecule has 1 atom stereocenters. The van der Waals surface area contributed by atoms with Crippen LogP contribution < -0.4 is 20.2 Å². The summed E-state index contributed by atoms with van der Waals surface area (Å²) in [5.74, 6) is 2.75. The monoisotopic (exact) mass is 406 g/mol. The summed E-state index contributed by atoms with van der Waals surface area (Å²) in [7, 11) is 5.16. The van der Waals surface area contributed by atoms with Crippen LogP contribution in [-0.2, 0) is 13.5 Å². The molecule has 2 heterocycles. The first-order chi connectivity index (χ1) is 14.4. The molecular formula is C22H26N6O2. The van der Waals surface area contributed by atoms with Gasteiger partial charge in [-0.25, -0.2) is 5.01 Å². The van der Waals surface area contributed by atoms with Gasteiger partial charge in [0.1, 0.15) is 5.82 Å². The Bertz CT molecular complexity index is 1080. The largest absolute Gasteiger partial charge is 0.493 e. The van der Waals surface area contributed by atoms with Gasteiger partial charge in [0.05, 0.1) is 26.0 Å². The van der Waals surface area contributed by atoms with Crippen LogP contribution in [0.15, 0.2) is 41.5 Å². The molecular weight excluding hydrogens is 380 g/mol. The quantitative estimate of drug-likeness (QED) is 0.670. The Morgan fingerprint density at radius 1 is 1.07 bits per heavy atom. The zero-order chi connectivity index (χ0) is 21.4. The van der Waals surface area contributed by atoms with Crippen LogP contribution >= 0.6 is 0 Å². The number of nitrogens with two attached hydrogens (primary N) is 1. The maximum atomic E-state index is 5.92. The van der Waals surface area contributed by atoms with Crippen molar-refractivity contribution in [1.82, 2.24) is 14.8 Å². The molecule has 8 nitrogen and oxygen atoms in total. The molecule has 30 heavy (non-hydrogen) atoms. The summed E-state index contributed by atoms with van der Waals surface area (Å²) in [6.45, 7) is 4.04. The van der Waals surface area contributed by atoms with Crippen molar-refractivity contribution in [2.24, 2.45) is 12.1 Å². The highest BCUT2D eigenvalue weighted by molar-refractivity contribution is 6.14. The van der Waals surface area contributed by atoms with Crippen LogP contribution in [0, 0.1) is 6.92 Å². The van der Waals surface area contributed by atoms with Crippen LogP contribution in [0.2, 0.25) is 0 Å². The number of benzene rings is 2. The molecule has 156 valence electrons. The van der Waals surface area contributed by atoms with Crippen molar-refractivity contribution in [2.45, 2.75) is 26.3 Å². The fourth-order valence-electron chi connectivity index (χ4n) is 3.61. The lowest BCUT2D eigenvalue weighted by molar-refractivity contribution is 0.354. The normalized spacial score (nSPS) is 16.0. The van der Waals surface area contributed by atoms with Gasteiger partial charge >= 0.3 is 0 Å². The SMILES string of the molecule is COc1cc2c(cc1OC)C(c1ccc(N)cc1)=NN(c1nc(C)n(C)n1)C(C)C2. The summed E-state index contributed by atoms with van der Waals surface area (Å²) >= 11 is 0. The third kappa shape index (κ3) is 3.45. The fraction of sp³-hybridized carbons (Fsp3) is 0.318. The molecule has 3 aromatic rings. The van der Waals surface area contributed by atoms with Crippen LogP contribution in [0.25, 0.3) is 0 Å². The van der Waals surface area contributed by atoms with E-state index in [1.807, 2.05) is 55.4 Å². The lowest BCUT2D eigenvalue weighted by Gasteiger charge is -2.21. The number of rotatable bonds is 4. The number of methoxy groups -OCH3 is 2. The number of nitrogens with zero attached hydrogens (tertiary/aromatic N) is 5. The van der Waals surface area contributed by atoms with E-state index >= 15 is 0 Å². The number of hydrogen-bond donors (Lipinski definition) is 1. The maximum Gasteiger partial charge on any atom is 0.265 e. The lowest BCUT2D eigenvalue weighted by atomic mass is 9.94. The van der Waals surface area contributed by atoms with Gasteiger partial charge in [0, 0.05) is 23.9 Å². The average Bonchev–Trinajstić information content (AvgIpc) is 2.99. The smallest absolute Gasteiger partial charge is 0.265 e. The second-order valence-electron chi connectivity index (χ2n) is 7.42. The molecule has 0 saturated carbocycles. The number of nitrogen functional groups attached to an aromatic ring is 1. The molecule has 0 saturated heterocycles. The highest BCUT2D eigenvalue weighted by Crippen LogP contribution is 2.35. The van der Waals surface area contributed by atoms with E-state index in [1.54, 1.807) is 18.9 Å². The minimum atomic E-state index is 0.0370. The molecule has 1 unspecified atom stereocenters. The molecule has 0 amide bonds. The molecule has 0 radical (unpaired) electrons. The van der Waals surface area contributed by atoms with Crippen molar-refractivity contribution in [3.8, 4) is 11.5 Å². The second kappa shape index (κ2) is 7.70. The third-order valence-electron chi connectivity index (χ3n) is 5.36. The summed E-state index contributed by atoms with van der Waals surface area (Å²) < 4.78 is 12.9. The van der Waals surface area contributed by atoms with Crippen LogP contribution in [-0.4, -0.2) is 40.7 Å². The highest BCUT2D eigenvalue weighted by atomic mass is 16.5. The van der Waals surface area contributed by atoms with E-state index < -0.39 is 0 Å². The van der Waals surface area contributed by atoms with E-state index in [1.165, 1.54) is 0 Å². The van der Waals surface area contributed by atoms with Gasteiger partial charge in [0.25, 0.3) is 5.95 Å². The summed E-state index contributed by atoms with van der Waals surface area (Å²) in [4.78, 5) is 4.60. The molecule has 1 aromatic heterocycles. The molecule has 4 rings (SSSR count). The predicted octanol–water partition coefficient (Wildman–Crippen LogP) is 2.93. The van der Waals surface area contributed by atoms with Crippen molar-refractivity contribution in [2.75, 3.05) is 25.0 Å². The molecule has 0 aliphatic carbocycles. The van der Waals surface area contributed by atoms with Gasteiger partial charge in [-0.15, -0.1) is 5.10 Å². The Morgan fingerprint density at radius 2 is 1.73 bits per heavy atom. The Morgan fingerprint density at radius 3 is 2.33 bits per heavy atom. The van der Waals surface area contributed by atoms with Crippen LogP contribution in [0.3, 0.4) is 0 Å². The van der Waals surface area contributed by atoms with Crippen LogP contribution in [0.4, 0.5) is 11.6 Å². The molecule has 2 aromatic carbocycles. The molecule has 1 aliphatic heterocycles. The first kappa shape index (κ1) is 19.8. The fourth-order valence-corrected chi connectivity index (χ4v) is 3.61. The van der Waals surface area contributed by atoms with Gasteiger partial charge in [0.2, 0.25) is 0 Å². The average molecular weight is 406 g/mol. The number of aryl methyl sites for hydroxylation is 2. The molecule has 0 spiro atoms. The standard InChI is InChI=1S/C22H26N6O2/c1-13-10-16-11-19(29-4)20(30-5)12-18(16)21(15-6-8-17(23)9-7-15)25-28(13)22-24-14(2)27(3)26-22/h6-9,11-13H,10,23H2,1-5H3. The van der Waals surface area contributed by atoms with Crippen molar-refractivity contribution in [1.29, 1.82) is 0 Å². The van der Waals surface area contributed by atoms with E-state index in [4.69, 9.17) is 20.3 Å². The highest BCUT2D eigenvalue weighted by Gasteiger charge is 2.28. The Labute approximate surface area is 175 Å². The van der Waals surface area contributed by atoms with Crippen molar-refractivity contribution < 1.29 is 9.47 Å². The molecule has 0 fully saturated rings. The summed E-state index contributed by atoms with van der Waals surface area (Å²) in [6.07, 6.45) is 0.745. The second-order valence-corrected chi connectivity index (χ2v) is 7.42. The first-order valence-electron chi connectivity index (χ1n) is 9.78. The van der Waals surface area contributed by atoms with E-state index in [0.29, 0.717) is 23.1 Å². The van der Waals surface area contributed by atoms with Gasteiger partial charge in [-0.05, 0) is 50.1 Å². The van der Waals surface area contributed by atoms with Crippen molar-refractivity contribution in [3.63, 3.8) is 0 Å². The first-order valence-corrected chi connectivity index (χ1v) is 9.78. The topological polar surface area (TPSA) is 90.8 Å². The lowest BCUT2D eigenvalue weighted by Crippen LogP contribution is -2.30. The summed E-state index contributed by atoms with van der Waals surface area (Å²) in [5, 5.41) is 11.5. The zero-order valence-electron chi connectivity index (χ0n) is 17.9. The summed E-state index contributed by atoms with van der Waals surface area (Å²) in [6, 6.07) is 11.7. The van der Waals surface area contributed by atoms with Crippen LogP contribution in [0.1, 0.15) is 29.4 Å². The van der Waals surface area contributed by atoms with Crippen molar-refractivity contribution in [3.05, 3.63) is 58.9 Å². The molecule has 8 heteroatoms. The minimum Gasteiger partial charge on any atom is -0.493 e. The van der Waals surface area contributed by atoms with E-state index in [0.717, 1.165) is 34.6 Å². The number of ether oxygens (including phenoxy) is 2. The molecule has 1 aliphatic rings. The number of hydrazone groups is 1. The Balaban J connectivity index is 1.94. The minimum absolute atomic E-state index is 0.0370. The van der Waals surface area contributed by atoms with Gasteiger partial charge < -0.3 is 15.2 Å². The van der Waals surface area contributed by atoms with E-state index in [-0.39, 0.29) is 6.04 Å². The maximum absolute atomic E-state index is 5.92. The van der Waals surface area contributed by atoms with Crippen molar-refractivity contribution >= 4 is 17.3 Å². The van der Waals surface area contributed by atoms with Gasteiger partial charge in [-0.2, -0.15) is 10.1 Å². The van der Waals surface area contributed by atoms with Gasteiger partial charge in [-0.3, -0.25) is 4.68 Å². The predicted molar refractivity (Wildman–Crippen MR) is 117 cm³/mol. The van der Waals surface area contributed by atoms with Gasteiger partial charge in [-0.1, -0.05) is 12.1 Å². The number of hydrogen-bond acceptors (Lipinski definition) is 7. The van der Waals surface area contributed by atoms with Gasteiger partial charge in [0.15, 0.2) is 11.5 Å². The van der Waals surface area contributed by atoms with Crippen LogP contribution in [0.5, 0.6) is 11.5 Å². The summed E-state index contributed by atoms with van der Waals surface area (Å²) in [5.41, 5.74) is 10.5. The number of aromatic nitrogens is 3. The zero-order valence-corrected chi connectivity index (χ0v) is 17.9. The number of fused-ring (bicyclic) bond motifs is 1. The van der Waals surface area contributed by atoms with E-state index in [2.05, 4.69) is 17.0 Å². The molecule has 0 bridgehead atoms. The Hall–Kier alpha value is -3.55. The Kier molecular flexibility index (Phi) is 5.07. The van der Waals surface area contributed by atoms with E-state index in [9.17, 15) is 0 Å².